The lowest BCUT2D eigenvalue weighted by atomic mass is 10.1. The zero-order chi connectivity index (χ0) is 32.8. The van der Waals surface area contributed by atoms with Crippen molar-refractivity contribution < 1.29 is 14.3 Å². The summed E-state index contributed by atoms with van der Waals surface area (Å²) in [5.41, 5.74) is 4.93. The Morgan fingerprint density at radius 3 is 2.42 bits per heavy atom. The van der Waals surface area contributed by atoms with Crippen molar-refractivity contribution in [1.29, 1.82) is 0 Å². The molecule has 0 radical (unpaired) electrons. The Balaban J connectivity index is 0.000000853. The molecule has 1 aliphatic heterocycles. The van der Waals surface area contributed by atoms with Crippen molar-refractivity contribution in [2.45, 2.75) is 33.7 Å². The number of anilines is 4. The van der Waals surface area contributed by atoms with Crippen LogP contribution in [0.4, 0.5) is 22.9 Å². The number of rotatable bonds is 10. The second-order valence-corrected chi connectivity index (χ2v) is 10.5. The molecule has 1 fully saturated rings. The average molecular weight is 616 g/mol. The monoisotopic (exact) mass is 615 g/mol. The van der Waals surface area contributed by atoms with Gasteiger partial charge < -0.3 is 29.7 Å². The van der Waals surface area contributed by atoms with Crippen LogP contribution in [0.2, 0.25) is 0 Å². The zero-order valence-electron chi connectivity index (χ0n) is 27.8. The molecule has 1 aliphatic rings. The highest BCUT2D eigenvalue weighted by Crippen LogP contribution is 2.30. The number of likely N-dealkylation sites (N-methyl/N-ethyl adjacent to an activating group) is 1. The molecule has 2 aromatic carbocycles. The van der Waals surface area contributed by atoms with Gasteiger partial charge in [0.05, 0.1) is 6.61 Å². The molecule has 45 heavy (non-hydrogen) atoms. The Morgan fingerprint density at radius 1 is 1.07 bits per heavy atom. The number of aryl methyl sites for hydroxylation is 1. The molecule has 1 atom stereocenters. The van der Waals surface area contributed by atoms with Gasteiger partial charge in [0.25, 0.3) is 5.91 Å². The van der Waals surface area contributed by atoms with Gasteiger partial charge in [-0.15, -0.1) is 0 Å². The second-order valence-electron chi connectivity index (χ2n) is 10.5. The first-order chi connectivity index (χ1) is 21.9. The highest BCUT2D eigenvalue weighted by molar-refractivity contribution is 6.04. The molecule has 2 amide bonds. The topological polar surface area (TPSA) is 95.0 Å². The van der Waals surface area contributed by atoms with E-state index in [1.807, 2.05) is 57.3 Å². The van der Waals surface area contributed by atoms with Gasteiger partial charge in [-0.3, -0.25) is 14.5 Å². The lowest BCUT2D eigenvalue weighted by Crippen LogP contribution is -2.51. The number of fused-ring (bicyclic) bond motifs is 1. The van der Waals surface area contributed by atoms with Crippen LogP contribution in [0.5, 0.6) is 0 Å². The van der Waals surface area contributed by atoms with Crippen LogP contribution in [0, 0.1) is 0 Å². The molecule has 4 aromatic rings. The van der Waals surface area contributed by atoms with E-state index in [1.165, 1.54) is 10.9 Å². The summed E-state index contributed by atoms with van der Waals surface area (Å²) in [5.74, 6) is 0.332. The summed E-state index contributed by atoms with van der Waals surface area (Å²) in [6.45, 7) is 13.8. The normalized spacial score (nSPS) is 14.5. The first-order valence-electron chi connectivity index (χ1n) is 15.7. The minimum Gasteiger partial charge on any atom is -0.383 e. The van der Waals surface area contributed by atoms with Gasteiger partial charge in [-0.1, -0.05) is 20.8 Å². The maximum Gasteiger partial charge on any atom is 0.256 e. The van der Waals surface area contributed by atoms with Crippen LogP contribution in [0.15, 0.2) is 73.1 Å². The molecular weight excluding hydrogens is 566 g/mol. The summed E-state index contributed by atoms with van der Waals surface area (Å²) in [5, 5.41) is 6.40. The zero-order valence-corrected chi connectivity index (χ0v) is 27.8. The lowest BCUT2D eigenvalue weighted by Gasteiger charge is -2.40. The molecule has 0 saturated carbocycles. The van der Waals surface area contributed by atoms with E-state index in [0.717, 1.165) is 43.2 Å². The van der Waals surface area contributed by atoms with Gasteiger partial charge in [-0.05, 0) is 68.1 Å². The first-order valence-corrected chi connectivity index (χ1v) is 15.7. The second kappa shape index (κ2) is 17.8. The fourth-order valence-corrected chi connectivity index (χ4v) is 5.39. The van der Waals surface area contributed by atoms with Crippen molar-refractivity contribution in [3.05, 3.63) is 78.6 Å². The van der Waals surface area contributed by atoms with E-state index in [2.05, 4.69) is 79.2 Å². The van der Waals surface area contributed by atoms with E-state index in [4.69, 9.17) is 9.53 Å². The molecule has 242 valence electrons. The standard InChI is InChI=1S/C31H38N6O2.C2H5NO.C2H6/c1-5-35-16-17-36(22-23(35)2)26-8-6-24(7-9-26)31(38)33-30-21-28(12-14-32-30)37(18-19-39-4)27-10-11-29-25(20-27)13-15-34(29)3;1-3-2-4;1-2/h6-15,20-21,23H,5,16-19,22H2,1-4H3,(H,32,33,38);2H,1H3,(H,3,4);1-2H3. The summed E-state index contributed by atoms with van der Waals surface area (Å²) in [4.78, 5) is 33.7. The Kier molecular flexibility index (Phi) is 13.9. The number of ether oxygens (including phenoxy) is 1. The predicted molar refractivity (Wildman–Crippen MR) is 186 cm³/mol. The van der Waals surface area contributed by atoms with Gasteiger partial charge in [0.15, 0.2) is 0 Å². The van der Waals surface area contributed by atoms with E-state index >= 15 is 0 Å². The third-order valence-electron chi connectivity index (χ3n) is 7.78. The summed E-state index contributed by atoms with van der Waals surface area (Å²) >= 11 is 0. The number of nitrogens with zero attached hydrogens (tertiary/aromatic N) is 5. The number of pyridine rings is 1. The number of piperazine rings is 1. The molecule has 1 saturated heterocycles. The highest BCUT2D eigenvalue weighted by atomic mass is 16.5. The van der Waals surface area contributed by atoms with Crippen molar-refractivity contribution in [1.82, 2.24) is 19.8 Å². The van der Waals surface area contributed by atoms with E-state index < -0.39 is 0 Å². The number of nitrogens with one attached hydrogen (secondary N) is 2. The molecule has 0 aliphatic carbocycles. The number of carbonyl (C=O) groups is 2. The average Bonchev–Trinajstić information content (AvgIpc) is 3.45. The largest absolute Gasteiger partial charge is 0.383 e. The minimum atomic E-state index is -0.176. The molecule has 10 heteroatoms. The first kappa shape index (κ1) is 35.1. The van der Waals surface area contributed by atoms with Gasteiger partial charge in [0.1, 0.15) is 5.82 Å². The summed E-state index contributed by atoms with van der Waals surface area (Å²) < 4.78 is 7.50. The van der Waals surface area contributed by atoms with Crippen LogP contribution in [-0.2, 0) is 16.6 Å². The minimum absolute atomic E-state index is 0.176. The van der Waals surface area contributed by atoms with Gasteiger partial charge in [0.2, 0.25) is 6.41 Å². The van der Waals surface area contributed by atoms with E-state index in [1.54, 1.807) is 20.4 Å². The third kappa shape index (κ3) is 9.29. The fraction of sp³-hybridized carbons (Fsp3) is 0.400. The van der Waals surface area contributed by atoms with Gasteiger partial charge in [-0.25, -0.2) is 4.98 Å². The highest BCUT2D eigenvalue weighted by Gasteiger charge is 2.22. The van der Waals surface area contributed by atoms with Crippen molar-refractivity contribution in [3.8, 4) is 0 Å². The molecule has 5 rings (SSSR count). The number of benzene rings is 2. The van der Waals surface area contributed by atoms with Gasteiger partial charge in [0, 0.05) is 105 Å². The van der Waals surface area contributed by atoms with Gasteiger partial charge in [-0.2, -0.15) is 0 Å². The summed E-state index contributed by atoms with van der Waals surface area (Å²) in [7, 11) is 5.31. The quantitative estimate of drug-likeness (QED) is 0.227. The molecule has 0 spiro atoms. The lowest BCUT2D eigenvalue weighted by molar-refractivity contribution is -0.109. The fourth-order valence-electron chi connectivity index (χ4n) is 5.39. The summed E-state index contributed by atoms with van der Waals surface area (Å²) in [6.07, 6.45) is 4.42. The Hall–Kier alpha value is -4.41. The maximum absolute atomic E-state index is 13.1. The molecular formula is C35H49N7O3. The number of aromatic nitrogens is 2. The Morgan fingerprint density at radius 2 is 1.78 bits per heavy atom. The molecule has 10 nitrogen and oxygen atoms in total. The van der Waals surface area contributed by atoms with Crippen molar-refractivity contribution in [2.75, 3.05) is 68.6 Å². The number of amides is 2. The van der Waals surface area contributed by atoms with Crippen molar-refractivity contribution >= 4 is 46.1 Å². The Bertz CT molecular complexity index is 1490. The van der Waals surface area contributed by atoms with Gasteiger partial charge >= 0.3 is 0 Å². The van der Waals surface area contributed by atoms with Crippen LogP contribution in [0.25, 0.3) is 10.9 Å². The van der Waals surface area contributed by atoms with Crippen LogP contribution < -0.4 is 20.4 Å². The van der Waals surface area contributed by atoms with E-state index in [0.29, 0.717) is 37.0 Å². The predicted octanol–water partition coefficient (Wildman–Crippen LogP) is 5.53. The van der Waals surface area contributed by atoms with Crippen LogP contribution in [-0.4, -0.2) is 86.3 Å². The Labute approximate surface area is 268 Å². The molecule has 1 unspecified atom stereocenters. The smallest absolute Gasteiger partial charge is 0.256 e. The number of carbonyl (C=O) groups excluding carboxylic acids is 2. The van der Waals surface area contributed by atoms with Crippen molar-refractivity contribution in [3.63, 3.8) is 0 Å². The molecule has 3 heterocycles. The molecule has 0 bridgehead atoms. The number of methoxy groups -OCH3 is 1. The number of hydrogen-bond acceptors (Lipinski definition) is 7. The van der Waals surface area contributed by atoms with Crippen LogP contribution in [0.3, 0.4) is 0 Å². The maximum atomic E-state index is 13.1. The van der Waals surface area contributed by atoms with Crippen LogP contribution >= 0.6 is 0 Å². The van der Waals surface area contributed by atoms with Crippen molar-refractivity contribution in [2.24, 2.45) is 7.05 Å². The van der Waals surface area contributed by atoms with E-state index in [9.17, 15) is 4.79 Å². The van der Waals surface area contributed by atoms with Crippen LogP contribution in [0.1, 0.15) is 38.1 Å². The molecule has 2 aromatic heterocycles. The number of hydrogen-bond donors (Lipinski definition) is 2. The third-order valence-corrected chi connectivity index (χ3v) is 7.78. The molecule has 2 N–H and O–H groups in total. The SMILES string of the molecule is CC.CCN1CCN(c2ccc(C(=O)Nc3cc(N(CCOC)c4ccc5c(ccn5C)c4)ccn3)cc2)CC1C.CNC=O. The summed E-state index contributed by atoms with van der Waals surface area (Å²) in [6, 6.07) is 20.8. The van der Waals surface area contributed by atoms with E-state index in [-0.39, 0.29) is 5.91 Å².